The van der Waals surface area contributed by atoms with Crippen LogP contribution in [0.5, 0.6) is 5.75 Å². The summed E-state index contributed by atoms with van der Waals surface area (Å²) in [5.41, 5.74) is 0. The zero-order valence-electron chi connectivity index (χ0n) is 8.03. The van der Waals surface area contributed by atoms with Crippen molar-refractivity contribution < 1.29 is 18.1 Å². The van der Waals surface area contributed by atoms with Crippen LogP contribution in [0.3, 0.4) is 0 Å². The third-order valence-electron chi connectivity index (χ3n) is 1.27. The molecule has 0 aromatic heterocycles. The van der Waals surface area contributed by atoms with Crippen LogP contribution in [0.2, 0.25) is 10.0 Å². The zero-order chi connectivity index (χ0) is 10.2. The molecule has 0 atom stereocenters. The van der Waals surface area contributed by atoms with Crippen LogP contribution in [-0.4, -0.2) is 77.2 Å². The molecule has 1 aromatic carbocycles. The van der Waals surface area contributed by atoms with Gasteiger partial charge in [-0.1, -0.05) is 23.2 Å². The van der Waals surface area contributed by atoms with E-state index in [2.05, 4.69) is 0 Å². The summed E-state index contributed by atoms with van der Waals surface area (Å²) in [5.74, 6) is -0.714. The topological polar surface area (TPSA) is 74.6 Å². The molecule has 0 heterocycles. The van der Waals surface area contributed by atoms with E-state index < -0.39 is 20.8 Å². The molecule has 1 aromatic rings. The summed E-state index contributed by atoms with van der Waals surface area (Å²) in [6.45, 7) is 0. The van der Waals surface area contributed by atoms with Crippen LogP contribution in [0.4, 0.5) is 0 Å². The first kappa shape index (κ1) is 18.9. The molecule has 0 aliphatic heterocycles. The normalized spacial score (nSPS) is 10.1. The van der Waals surface area contributed by atoms with E-state index >= 15 is 0 Å². The zero-order valence-corrected chi connectivity index (χ0v) is 14.4. The molecule has 0 aliphatic rings. The molecular weight excluding hydrogens is 285 g/mol. The summed E-state index contributed by atoms with van der Waals surface area (Å²) in [7, 11) is -4.50. The molecule has 0 bridgehead atoms. The molecule has 0 aliphatic carbocycles. The monoisotopic (exact) mass is 288 g/mol. The van der Waals surface area contributed by atoms with Gasteiger partial charge in [0.25, 0.3) is 10.1 Å². The van der Waals surface area contributed by atoms with Crippen molar-refractivity contribution >= 4 is 92.4 Å². The van der Waals surface area contributed by atoms with Crippen molar-refractivity contribution in [2.45, 2.75) is 4.90 Å². The molecule has 15 heavy (non-hydrogen) atoms. The number of rotatable bonds is 1. The van der Waals surface area contributed by atoms with Gasteiger partial charge in [-0.2, -0.15) is 8.42 Å². The van der Waals surface area contributed by atoms with E-state index in [1.54, 1.807) is 0 Å². The van der Waals surface area contributed by atoms with Gasteiger partial charge in [0.15, 0.2) is 5.75 Å². The van der Waals surface area contributed by atoms with Crippen molar-refractivity contribution in [3.05, 3.63) is 22.2 Å². The van der Waals surface area contributed by atoms with Crippen molar-refractivity contribution in [2.75, 3.05) is 0 Å². The number of phenols is 1. The number of benzene rings is 1. The first-order valence-electron chi connectivity index (χ1n) is 2.98. The predicted octanol–water partition coefficient (Wildman–Crippen LogP) is 1.18. The molecule has 74 valence electrons. The number of hydrogen-bond donors (Lipinski definition) is 2. The third-order valence-corrected chi connectivity index (χ3v) is 2.64. The maximum absolute atomic E-state index is 10.6. The Hall–Kier alpha value is 1.51. The quantitative estimate of drug-likeness (QED) is 0.601. The van der Waals surface area contributed by atoms with E-state index in [9.17, 15) is 8.42 Å². The fraction of sp³-hybridized carbons (Fsp3) is 0. The summed E-state index contributed by atoms with van der Waals surface area (Å²) in [4.78, 5) is -0.704. The first-order chi connectivity index (χ1) is 5.82. The van der Waals surface area contributed by atoms with Gasteiger partial charge in [0.2, 0.25) is 0 Å². The minimum Gasteiger partial charge on any atom is -0.505 e. The summed E-state index contributed by atoms with van der Waals surface area (Å²) >= 11 is 10.9. The van der Waals surface area contributed by atoms with Crippen LogP contribution in [0.1, 0.15) is 0 Å². The van der Waals surface area contributed by atoms with Gasteiger partial charge >= 0.3 is 0 Å². The van der Waals surface area contributed by atoms with Crippen LogP contribution in [0, 0.1) is 0 Å². The van der Waals surface area contributed by atoms with Gasteiger partial charge in [-0.05, 0) is 12.1 Å². The molecule has 9 heteroatoms. The van der Waals surface area contributed by atoms with Crippen molar-refractivity contribution in [2.24, 2.45) is 0 Å². The van der Waals surface area contributed by atoms with Crippen molar-refractivity contribution in [3.8, 4) is 5.75 Å². The summed E-state index contributed by atoms with van der Waals surface area (Å²) < 4.78 is 29.9. The Bertz CT molecular complexity index is 449. The van der Waals surface area contributed by atoms with Gasteiger partial charge in [-0.3, -0.25) is 4.55 Å². The summed E-state index contributed by atoms with van der Waals surface area (Å²) in [5, 5.41) is 8.90. The first-order valence-corrected chi connectivity index (χ1v) is 5.17. The molecule has 0 amide bonds. The van der Waals surface area contributed by atoms with Gasteiger partial charge < -0.3 is 5.11 Å². The van der Waals surface area contributed by atoms with Gasteiger partial charge in [-0.25, -0.2) is 0 Å². The Morgan fingerprint density at radius 1 is 1.13 bits per heavy atom. The summed E-state index contributed by atoms with van der Waals surface area (Å²) in [6, 6.07) is 2.06. The molecule has 2 N–H and O–H groups in total. The number of aromatic hydroxyl groups is 1. The largest absolute Gasteiger partial charge is 0.505 e. The molecule has 0 unspecified atom stereocenters. The Kier molecular flexibility index (Phi) is 8.88. The molecule has 0 saturated carbocycles. The van der Waals surface area contributed by atoms with E-state index in [0.29, 0.717) is 0 Å². The minimum atomic E-state index is -4.50. The Labute approximate surface area is 141 Å². The molecule has 4 nitrogen and oxygen atoms in total. The van der Waals surface area contributed by atoms with Crippen LogP contribution >= 0.6 is 23.2 Å². The van der Waals surface area contributed by atoms with Gasteiger partial charge in [0.05, 0.1) is 5.02 Å². The molecule has 0 saturated heterocycles. The standard InChI is InChI=1S/C6H4Cl2O4S.2Na/c7-3-1-4(8)6(9)5(2-3)13(10,11)12;;/h1-2,9H,(H,10,11,12);;. The van der Waals surface area contributed by atoms with Gasteiger partial charge in [0.1, 0.15) is 4.90 Å². The second kappa shape index (κ2) is 7.06. The predicted molar refractivity (Wildman–Crippen MR) is 59.4 cm³/mol. The van der Waals surface area contributed by atoms with E-state index in [-0.39, 0.29) is 69.2 Å². The van der Waals surface area contributed by atoms with Gasteiger partial charge in [-0.15, -0.1) is 0 Å². The second-order valence-corrected chi connectivity index (χ2v) is 4.44. The fourth-order valence-electron chi connectivity index (χ4n) is 0.739. The molecular formula is C6H4Cl2Na2O4S. The molecule has 0 spiro atoms. The minimum absolute atomic E-state index is 0. The summed E-state index contributed by atoms with van der Waals surface area (Å²) in [6.07, 6.45) is 0. The number of halogens is 2. The van der Waals surface area contributed by atoms with Crippen LogP contribution in [-0.2, 0) is 10.1 Å². The van der Waals surface area contributed by atoms with E-state index in [4.69, 9.17) is 32.9 Å². The SMILES string of the molecule is O=S(=O)(O)c1cc(Cl)cc(Cl)c1O.[Na].[Na]. The van der Waals surface area contributed by atoms with Crippen molar-refractivity contribution in [3.63, 3.8) is 0 Å². The average molecular weight is 289 g/mol. The maximum Gasteiger partial charge on any atom is 0.298 e. The van der Waals surface area contributed by atoms with Crippen LogP contribution < -0.4 is 0 Å². The van der Waals surface area contributed by atoms with E-state index in [1.807, 2.05) is 0 Å². The Morgan fingerprint density at radius 3 is 2.00 bits per heavy atom. The third kappa shape index (κ3) is 5.12. The van der Waals surface area contributed by atoms with Crippen LogP contribution in [0.25, 0.3) is 0 Å². The van der Waals surface area contributed by atoms with Crippen LogP contribution in [0.15, 0.2) is 17.0 Å². The smallest absolute Gasteiger partial charge is 0.298 e. The average Bonchev–Trinajstić information content (AvgIpc) is 1.94. The Morgan fingerprint density at radius 2 is 1.60 bits per heavy atom. The number of hydrogen-bond acceptors (Lipinski definition) is 3. The number of phenolic OH excluding ortho intramolecular Hbond substituents is 1. The molecule has 1 rings (SSSR count). The fourth-order valence-corrected chi connectivity index (χ4v) is 1.98. The molecule has 2 radical (unpaired) electrons. The van der Waals surface area contributed by atoms with Gasteiger partial charge in [0, 0.05) is 64.1 Å². The Balaban J connectivity index is 0. The van der Waals surface area contributed by atoms with E-state index in [0.717, 1.165) is 12.1 Å². The van der Waals surface area contributed by atoms with E-state index in [1.165, 1.54) is 0 Å². The van der Waals surface area contributed by atoms with Crippen molar-refractivity contribution in [1.29, 1.82) is 0 Å². The van der Waals surface area contributed by atoms with Crippen molar-refractivity contribution in [1.82, 2.24) is 0 Å². The molecule has 0 fully saturated rings. The second-order valence-electron chi connectivity index (χ2n) is 2.21. The maximum atomic E-state index is 10.6.